The van der Waals surface area contributed by atoms with Gasteiger partial charge in [0.1, 0.15) is 17.5 Å². The van der Waals surface area contributed by atoms with Gasteiger partial charge >= 0.3 is 0 Å². The standard InChI is InChI=1S/C19H16ClNO3/c1-3-24-14-7-4-12(5-8-14)18-15-10-13(20)6-9-16(15)21-19(23)17(18)11(2)22/h4-10,17H,3H2,1-2H3/t17-/m1/s1. The lowest BCUT2D eigenvalue weighted by Gasteiger charge is -2.19. The van der Waals surface area contributed by atoms with Crippen molar-refractivity contribution in [2.45, 2.75) is 13.8 Å². The minimum absolute atomic E-state index is 0.238. The van der Waals surface area contributed by atoms with Crippen LogP contribution in [0.15, 0.2) is 47.5 Å². The van der Waals surface area contributed by atoms with Gasteiger partial charge in [-0.05, 0) is 55.3 Å². The van der Waals surface area contributed by atoms with Gasteiger partial charge in [0.15, 0.2) is 0 Å². The highest BCUT2D eigenvalue weighted by Gasteiger charge is 2.31. The highest BCUT2D eigenvalue weighted by Crippen LogP contribution is 2.26. The minimum atomic E-state index is -0.908. The number of fused-ring (bicyclic) bond motifs is 1. The molecule has 0 spiro atoms. The van der Waals surface area contributed by atoms with Crippen molar-refractivity contribution in [3.63, 3.8) is 0 Å². The molecular weight excluding hydrogens is 326 g/mol. The fourth-order valence-electron chi connectivity index (χ4n) is 2.88. The number of ketones is 1. The first-order valence-electron chi connectivity index (χ1n) is 7.67. The highest BCUT2D eigenvalue weighted by molar-refractivity contribution is 6.30. The van der Waals surface area contributed by atoms with Gasteiger partial charge < -0.3 is 4.74 Å². The van der Waals surface area contributed by atoms with Crippen molar-refractivity contribution in [2.75, 3.05) is 6.61 Å². The topological polar surface area (TPSA) is 55.7 Å². The summed E-state index contributed by atoms with van der Waals surface area (Å²) < 4.78 is 5.45. The Bertz CT molecular complexity index is 932. The number of hydrogen-bond donors (Lipinski definition) is 0. The smallest absolute Gasteiger partial charge is 0.261 e. The summed E-state index contributed by atoms with van der Waals surface area (Å²) in [5.74, 6) is -0.854. The molecule has 0 saturated carbocycles. The van der Waals surface area contributed by atoms with E-state index in [1.807, 2.05) is 31.2 Å². The molecule has 122 valence electrons. The largest absolute Gasteiger partial charge is 0.494 e. The molecule has 0 saturated heterocycles. The maximum atomic E-state index is 12.4. The second-order valence-corrected chi connectivity index (χ2v) is 5.96. The molecular formula is C19H16ClNO3. The van der Waals surface area contributed by atoms with Crippen molar-refractivity contribution >= 4 is 28.9 Å². The molecule has 5 heteroatoms. The second-order valence-electron chi connectivity index (χ2n) is 5.53. The number of nitrogens with zero attached hydrogens (tertiary/aromatic N) is 1. The van der Waals surface area contributed by atoms with E-state index in [0.29, 0.717) is 27.8 Å². The number of carbonyl (C=O) groups is 2. The number of halogens is 1. The molecule has 0 N–H and O–H groups in total. The van der Waals surface area contributed by atoms with Gasteiger partial charge in [0, 0.05) is 10.2 Å². The molecule has 1 aliphatic heterocycles. The van der Waals surface area contributed by atoms with Crippen LogP contribution in [0.1, 0.15) is 19.4 Å². The summed E-state index contributed by atoms with van der Waals surface area (Å²) in [4.78, 5) is 28.5. The Hall–Kier alpha value is -2.46. The molecule has 24 heavy (non-hydrogen) atoms. The van der Waals surface area contributed by atoms with Gasteiger partial charge in [-0.15, -0.1) is 0 Å². The zero-order chi connectivity index (χ0) is 17.3. The van der Waals surface area contributed by atoms with Crippen LogP contribution >= 0.6 is 11.6 Å². The summed E-state index contributed by atoms with van der Waals surface area (Å²) in [6, 6.07) is 12.5. The van der Waals surface area contributed by atoms with Crippen LogP contribution in [-0.2, 0) is 9.59 Å². The molecule has 0 aromatic heterocycles. The van der Waals surface area contributed by atoms with Crippen LogP contribution in [0.5, 0.6) is 5.75 Å². The second kappa shape index (κ2) is 6.57. The summed E-state index contributed by atoms with van der Waals surface area (Å²) in [5.41, 5.74) is 1.42. The molecule has 1 heterocycles. The molecule has 1 atom stereocenters. The molecule has 0 aliphatic carbocycles. The molecule has 0 fully saturated rings. The molecule has 1 aliphatic rings. The lowest BCUT2D eigenvalue weighted by Crippen LogP contribution is -2.40. The molecule has 0 unspecified atom stereocenters. The lowest BCUT2D eigenvalue weighted by atomic mass is 9.85. The maximum absolute atomic E-state index is 12.4. The fourth-order valence-corrected chi connectivity index (χ4v) is 3.05. The normalized spacial score (nSPS) is 16.4. The predicted octanol–water partition coefficient (Wildman–Crippen LogP) is 2.30. The summed E-state index contributed by atoms with van der Waals surface area (Å²) in [7, 11) is 0. The van der Waals surface area contributed by atoms with Crippen molar-refractivity contribution in [3.8, 4) is 5.75 Å². The first kappa shape index (κ1) is 16.4. The molecule has 0 bridgehead atoms. The summed E-state index contributed by atoms with van der Waals surface area (Å²) in [6.45, 7) is 3.89. The van der Waals surface area contributed by atoms with E-state index in [0.717, 1.165) is 11.3 Å². The van der Waals surface area contributed by atoms with Crippen LogP contribution in [0.25, 0.3) is 5.57 Å². The zero-order valence-electron chi connectivity index (χ0n) is 13.4. The summed E-state index contributed by atoms with van der Waals surface area (Å²) in [5, 5.41) is 1.78. The Kier molecular flexibility index (Phi) is 4.49. The summed E-state index contributed by atoms with van der Waals surface area (Å²) in [6.07, 6.45) is 0. The number of amides is 1. The van der Waals surface area contributed by atoms with Gasteiger partial charge in [0.05, 0.1) is 12.0 Å². The number of ether oxygens (including phenoxy) is 1. The predicted molar refractivity (Wildman–Crippen MR) is 91.5 cm³/mol. The van der Waals surface area contributed by atoms with E-state index >= 15 is 0 Å². The monoisotopic (exact) mass is 341 g/mol. The van der Waals surface area contributed by atoms with E-state index in [2.05, 4.69) is 4.99 Å². The number of carbonyl (C=O) groups excluding carboxylic acids is 2. The molecule has 2 aromatic rings. The van der Waals surface area contributed by atoms with E-state index in [1.165, 1.54) is 6.92 Å². The van der Waals surface area contributed by atoms with E-state index in [1.54, 1.807) is 18.2 Å². The van der Waals surface area contributed by atoms with Gasteiger partial charge in [-0.3, -0.25) is 9.59 Å². The van der Waals surface area contributed by atoms with Crippen LogP contribution in [0.2, 0.25) is 5.02 Å². The van der Waals surface area contributed by atoms with Crippen molar-refractivity contribution in [2.24, 2.45) is 10.9 Å². The highest BCUT2D eigenvalue weighted by atomic mass is 35.5. The Labute approximate surface area is 144 Å². The van der Waals surface area contributed by atoms with E-state index in [-0.39, 0.29) is 5.78 Å². The van der Waals surface area contributed by atoms with Gasteiger partial charge in [-0.1, -0.05) is 23.7 Å². The minimum Gasteiger partial charge on any atom is -0.494 e. The van der Waals surface area contributed by atoms with Crippen molar-refractivity contribution < 1.29 is 14.3 Å². The van der Waals surface area contributed by atoms with E-state index < -0.39 is 11.8 Å². The van der Waals surface area contributed by atoms with Crippen LogP contribution in [0.3, 0.4) is 0 Å². The van der Waals surface area contributed by atoms with E-state index in [9.17, 15) is 9.59 Å². The number of hydrogen-bond acceptors (Lipinski definition) is 3. The Morgan fingerprint density at radius 2 is 1.92 bits per heavy atom. The first-order valence-corrected chi connectivity index (χ1v) is 8.05. The average Bonchev–Trinajstić information content (AvgIpc) is 2.55. The third-order valence-electron chi connectivity index (χ3n) is 3.90. The molecule has 3 rings (SSSR count). The number of benzene rings is 2. The average molecular weight is 342 g/mol. The fraction of sp³-hybridized carbons (Fsp3) is 0.211. The van der Waals surface area contributed by atoms with Crippen molar-refractivity contribution in [1.82, 2.24) is 0 Å². The zero-order valence-corrected chi connectivity index (χ0v) is 14.1. The summed E-state index contributed by atoms with van der Waals surface area (Å²) >= 11 is 6.11. The number of rotatable bonds is 4. The van der Waals surface area contributed by atoms with Crippen LogP contribution < -0.4 is 15.3 Å². The van der Waals surface area contributed by atoms with Crippen LogP contribution in [0.4, 0.5) is 0 Å². The SMILES string of the molecule is CCOc1ccc(C2=c3cc(Cl)ccc3=NC(=O)[C@@H]2C(C)=O)cc1. The van der Waals surface area contributed by atoms with Gasteiger partial charge in [-0.25, -0.2) is 4.99 Å². The lowest BCUT2D eigenvalue weighted by molar-refractivity contribution is -0.128. The van der Waals surface area contributed by atoms with Gasteiger partial charge in [0.25, 0.3) is 5.91 Å². The maximum Gasteiger partial charge on any atom is 0.261 e. The quantitative estimate of drug-likeness (QED) is 0.802. The Morgan fingerprint density at radius 1 is 1.21 bits per heavy atom. The van der Waals surface area contributed by atoms with Crippen LogP contribution in [-0.4, -0.2) is 18.3 Å². The van der Waals surface area contributed by atoms with Crippen molar-refractivity contribution in [1.29, 1.82) is 0 Å². The van der Waals surface area contributed by atoms with Crippen LogP contribution in [0, 0.1) is 5.92 Å². The molecule has 4 nitrogen and oxygen atoms in total. The molecule has 0 radical (unpaired) electrons. The van der Waals surface area contributed by atoms with Gasteiger partial charge in [0.2, 0.25) is 0 Å². The van der Waals surface area contributed by atoms with E-state index in [4.69, 9.17) is 16.3 Å². The van der Waals surface area contributed by atoms with Crippen molar-refractivity contribution in [3.05, 3.63) is 63.6 Å². The Morgan fingerprint density at radius 3 is 2.54 bits per heavy atom. The molecule has 2 aromatic carbocycles. The van der Waals surface area contributed by atoms with Gasteiger partial charge in [-0.2, -0.15) is 0 Å². The third kappa shape index (κ3) is 2.97. The number of Topliss-reactive ketones (excluding diaryl/α,β-unsaturated/α-hetero) is 1. The first-order chi connectivity index (χ1) is 11.5. The molecule has 1 amide bonds. The Balaban J connectivity index is 2.29. The third-order valence-corrected chi connectivity index (χ3v) is 4.13.